The van der Waals surface area contributed by atoms with Crippen LogP contribution in [0.25, 0.3) is 0 Å². The topological polar surface area (TPSA) is 154 Å². The number of amides is 3. The number of hydrogen-bond acceptors (Lipinski definition) is 7. The second-order valence-electron chi connectivity index (χ2n) is 8.02. The second-order valence-corrected chi connectivity index (χ2v) is 8.02. The number of carboxylic acids is 1. The number of piperazine rings is 1. The summed E-state index contributed by atoms with van der Waals surface area (Å²) >= 11 is 0. The van der Waals surface area contributed by atoms with E-state index in [1.807, 2.05) is 0 Å². The summed E-state index contributed by atoms with van der Waals surface area (Å²) in [6.45, 7) is 4.35. The van der Waals surface area contributed by atoms with Gasteiger partial charge in [-0.05, 0) is 30.2 Å². The van der Waals surface area contributed by atoms with Gasteiger partial charge in [0.05, 0.1) is 19.6 Å². The summed E-state index contributed by atoms with van der Waals surface area (Å²) in [5, 5.41) is 17.0. The van der Waals surface area contributed by atoms with Crippen molar-refractivity contribution in [1.82, 2.24) is 20.9 Å². The summed E-state index contributed by atoms with van der Waals surface area (Å²) in [5.41, 5.74) is 0.353. The SMILES string of the molecule is COc1ccc(C(=O)N[C@H](C(=O)N2CCNCC2C(=O)N[C@H](C=O)CC(=O)O)C(C)C)cc1. The largest absolute Gasteiger partial charge is 0.497 e. The maximum Gasteiger partial charge on any atom is 0.305 e. The van der Waals surface area contributed by atoms with Crippen molar-refractivity contribution in [2.75, 3.05) is 26.7 Å². The number of aliphatic carboxylic acids is 1. The molecule has 33 heavy (non-hydrogen) atoms. The van der Waals surface area contributed by atoms with Gasteiger partial charge in [0, 0.05) is 25.2 Å². The van der Waals surface area contributed by atoms with Crippen LogP contribution in [0.2, 0.25) is 0 Å². The van der Waals surface area contributed by atoms with E-state index in [0.29, 0.717) is 24.1 Å². The number of rotatable bonds is 10. The van der Waals surface area contributed by atoms with Gasteiger partial charge in [-0.25, -0.2) is 0 Å². The minimum absolute atomic E-state index is 0.132. The molecule has 2 rings (SSSR count). The molecule has 1 aromatic rings. The molecule has 0 aliphatic carbocycles. The molecular weight excluding hydrogens is 432 g/mol. The Bertz CT molecular complexity index is 872. The third kappa shape index (κ3) is 7.01. The second kappa shape index (κ2) is 12.0. The predicted molar refractivity (Wildman–Crippen MR) is 118 cm³/mol. The van der Waals surface area contributed by atoms with E-state index in [1.165, 1.54) is 12.0 Å². The summed E-state index contributed by atoms with van der Waals surface area (Å²) in [5.74, 6) is -2.43. The zero-order valence-electron chi connectivity index (χ0n) is 18.9. The van der Waals surface area contributed by atoms with Crippen LogP contribution < -0.4 is 20.7 Å². The molecule has 1 saturated heterocycles. The van der Waals surface area contributed by atoms with Crippen molar-refractivity contribution in [3.05, 3.63) is 29.8 Å². The number of nitrogens with one attached hydrogen (secondary N) is 3. The molecule has 11 nitrogen and oxygen atoms in total. The van der Waals surface area contributed by atoms with E-state index >= 15 is 0 Å². The summed E-state index contributed by atoms with van der Waals surface area (Å²) in [4.78, 5) is 62.3. The zero-order valence-corrected chi connectivity index (χ0v) is 18.9. The molecule has 180 valence electrons. The fourth-order valence-electron chi connectivity index (χ4n) is 3.46. The molecule has 0 saturated carbocycles. The molecule has 1 aromatic carbocycles. The van der Waals surface area contributed by atoms with Crippen LogP contribution in [0.5, 0.6) is 5.75 Å². The third-order valence-corrected chi connectivity index (χ3v) is 5.29. The lowest BCUT2D eigenvalue weighted by Crippen LogP contribution is -2.64. The predicted octanol–water partition coefficient (Wildman–Crippen LogP) is -0.592. The van der Waals surface area contributed by atoms with Crippen molar-refractivity contribution in [3.63, 3.8) is 0 Å². The van der Waals surface area contributed by atoms with Gasteiger partial charge >= 0.3 is 5.97 Å². The molecule has 0 aromatic heterocycles. The Morgan fingerprint density at radius 3 is 2.42 bits per heavy atom. The van der Waals surface area contributed by atoms with Crippen molar-refractivity contribution in [3.8, 4) is 5.75 Å². The normalized spacial score (nSPS) is 17.6. The molecule has 1 fully saturated rings. The molecule has 3 amide bonds. The van der Waals surface area contributed by atoms with Crippen LogP contribution in [0, 0.1) is 5.92 Å². The number of benzene rings is 1. The lowest BCUT2D eigenvalue weighted by molar-refractivity contribution is -0.145. The van der Waals surface area contributed by atoms with E-state index in [1.54, 1.807) is 38.1 Å². The summed E-state index contributed by atoms with van der Waals surface area (Å²) in [6, 6.07) is 3.38. The van der Waals surface area contributed by atoms with E-state index in [2.05, 4.69) is 16.0 Å². The maximum atomic E-state index is 13.4. The first-order valence-electron chi connectivity index (χ1n) is 10.6. The average Bonchev–Trinajstić information content (AvgIpc) is 2.80. The maximum absolute atomic E-state index is 13.4. The molecule has 1 heterocycles. The van der Waals surface area contributed by atoms with Crippen LogP contribution in [0.1, 0.15) is 30.6 Å². The molecule has 0 spiro atoms. The Kier molecular flexibility index (Phi) is 9.34. The molecule has 1 unspecified atom stereocenters. The van der Waals surface area contributed by atoms with Crippen molar-refractivity contribution in [2.45, 2.75) is 38.4 Å². The molecule has 3 atom stereocenters. The number of carbonyl (C=O) groups is 5. The highest BCUT2D eigenvalue weighted by molar-refractivity contribution is 5.99. The van der Waals surface area contributed by atoms with Gasteiger partial charge in [-0.15, -0.1) is 0 Å². The van der Waals surface area contributed by atoms with Gasteiger partial charge in [-0.2, -0.15) is 0 Å². The minimum Gasteiger partial charge on any atom is -0.497 e. The average molecular weight is 463 g/mol. The lowest BCUT2D eigenvalue weighted by atomic mass is 10.00. The van der Waals surface area contributed by atoms with E-state index in [9.17, 15) is 24.0 Å². The van der Waals surface area contributed by atoms with Gasteiger partial charge in [-0.3, -0.25) is 19.2 Å². The van der Waals surface area contributed by atoms with Gasteiger partial charge in [0.2, 0.25) is 11.8 Å². The van der Waals surface area contributed by atoms with E-state index < -0.39 is 48.2 Å². The highest BCUT2D eigenvalue weighted by atomic mass is 16.5. The number of hydrogen-bond donors (Lipinski definition) is 4. The smallest absolute Gasteiger partial charge is 0.305 e. The number of carbonyl (C=O) groups excluding carboxylic acids is 4. The van der Waals surface area contributed by atoms with E-state index in [-0.39, 0.29) is 19.0 Å². The van der Waals surface area contributed by atoms with E-state index in [0.717, 1.165) is 0 Å². The summed E-state index contributed by atoms with van der Waals surface area (Å²) in [6.07, 6.45) is -0.212. The molecule has 1 aliphatic rings. The molecule has 11 heteroatoms. The molecule has 0 radical (unpaired) electrons. The van der Waals surface area contributed by atoms with Crippen LogP contribution in [0.15, 0.2) is 24.3 Å². The zero-order chi connectivity index (χ0) is 24.5. The number of nitrogens with zero attached hydrogens (tertiary/aromatic N) is 1. The Labute approximate surface area is 191 Å². The lowest BCUT2D eigenvalue weighted by Gasteiger charge is -2.38. The van der Waals surface area contributed by atoms with Gasteiger partial charge in [-0.1, -0.05) is 13.8 Å². The van der Waals surface area contributed by atoms with E-state index in [4.69, 9.17) is 9.84 Å². The summed E-state index contributed by atoms with van der Waals surface area (Å²) in [7, 11) is 1.52. The Balaban J connectivity index is 2.16. The number of carboxylic acid groups (broad SMARTS) is 1. The molecule has 4 N–H and O–H groups in total. The number of methoxy groups -OCH3 is 1. The van der Waals surface area contributed by atoms with Crippen molar-refractivity contribution in [2.24, 2.45) is 5.92 Å². The van der Waals surface area contributed by atoms with Gasteiger partial charge in [0.1, 0.15) is 24.1 Å². The standard InChI is InChI=1S/C22H30N4O7/c1-13(2)19(25-20(30)14-4-6-16(33-3)7-5-14)22(32)26-9-8-23-11-17(26)21(31)24-15(12-27)10-18(28)29/h4-7,12-13,15,17,19,23H,8-11H2,1-3H3,(H,24,31)(H,25,30)(H,28,29)/t15-,17?,19-/m0/s1. The van der Waals surface area contributed by atoms with Crippen LogP contribution in [-0.2, 0) is 19.2 Å². The van der Waals surface area contributed by atoms with Crippen molar-refractivity contribution in [1.29, 1.82) is 0 Å². The van der Waals surface area contributed by atoms with Crippen molar-refractivity contribution < 1.29 is 33.8 Å². The quantitative estimate of drug-likeness (QED) is 0.337. The number of ether oxygens (including phenoxy) is 1. The number of aldehydes is 1. The Morgan fingerprint density at radius 2 is 1.88 bits per heavy atom. The van der Waals surface area contributed by atoms with Gasteiger partial charge in [0.15, 0.2) is 0 Å². The van der Waals surface area contributed by atoms with Crippen LogP contribution in [0.3, 0.4) is 0 Å². The van der Waals surface area contributed by atoms with Crippen molar-refractivity contribution >= 4 is 30.0 Å². The van der Waals surface area contributed by atoms with Crippen LogP contribution in [0.4, 0.5) is 0 Å². The fraction of sp³-hybridized carbons (Fsp3) is 0.500. The fourth-order valence-corrected chi connectivity index (χ4v) is 3.46. The molecular formula is C22H30N4O7. The van der Waals surface area contributed by atoms with Crippen LogP contribution >= 0.6 is 0 Å². The third-order valence-electron chi connectivity index (χ3n) is 5.29. The minimum atomic E-state index is -1.23. The Hall–Kier alpha value is -3.47. The first kappa shape index (κ1) is 25.8. The first-order chi connectivity index (χ1) is 15.7. The summed E-state index contributed by atoms with van der Waals surface area (Å²) < 4.78 is 5.09. The van der Waals surface area contributed by atoms with Gasteiger partial charge < -0.3 is 35.5 Å². The molecule has 1 aliphatic heterocycles. The monoisotopic (exact) mass is 462 g/mol. The Morgan fingerprint density at radius 1 is 1.21 bits per heavy atom. The highest BCUT2D eigenvalue weighted by Gasteiger charge is 2.38. The highest BCUT2D eigenvalue weighted by Crippen LogP contribution is 2.15. The van der Waals surface area contributed by atoms with Gasteiger partial charge in [0.25, 0.3) is 5.91 Å². The first-order valence-corrected chi connectivity index (χ1v) is 10.6. The molecule has 0 bridgehead atoms. The van der Waals surface area contributed by atoms with Crippen LogP contribution in [-0.4, -0.2) is 84.9 Å².